The normalized spacial score (nSPS) is 10.8. The summed E-state index contributed by atoms with van der Waals surface area (Å²) in [4.78, 5) is 32.4. The minimum atomic E-state index is -1.01. The van der Waals surface area contributed by atoms with E-state index >= 15 is 0 Å². The molecule has 0 aromatic heterocycles. The van der Waals surface area contributed by atoms with E-state index in [9.17, 15) is 9.59 Å². The Balaban J connectivity index is 1.98. The van der Waals surface area contributed by atoms with Gasteiger partial charge in [0.1, 0.15) is 5.84 Å². The maximum Gasteiger partial charge on any atom is 0.386 e. The van der Waals surface area contributed by atoms with Crippen LogP contribution in [0.4, 0.5) is 0 Å². The molecule has 0 aliphatic rings. The Labute approximate surface area is 143 Å². The van der Waals surface area contributed by atoms with Crippen LogP contribution in [0, 0.1) is 5.41 Å². The van der Waals surface area contributed by atoms with Gasteiger partial charge in [0.05, 0.1) is 5.56 Å². The van der Waals surface area contributed by atoms with Gasteiger partial charge in [-0.25, -0.2) is 14.5 Å². The maximum atomic E-state index is 11.9. The molecule has 0 amide bonds. The third-order valence-corrected chi connectivity index (χ3v) is 3.25. The minimum Gasteiger partial charge on any atom is -0.478 e. The number of carbonyl (C=O) groups excluding carboxylic acids is 1. The summed E-state index contributed by atoms with van der Waals surface area (Å²) in [6.45, 7) is 1.48. The summed E-state index contributed by atoms with van der Waals surface area (Å²) < 4.78 is 0. The first-order valence-corrected chi connectivity index (χ1v) is 7.22. The third kappa shape index (κ3) is 4.93. The zero-order valence-electron chi connectivity index (χ0n) is 13.4. The highest BCUT2D eigenvalue weighted by atomic mass is 17.2. The zero-order valence-corrected chi connectivity index (χ0v) is 13.4. The second-order valence-electron chi connectivity index (χ2n) is 5.15. The van der Waals surface area contributed by atoms with E-state index < -0.39 is 11.9 Å². The van der Waals surface area contributed by atoms with Gasteiger partial charge in [-0.1, -0.05) is 12.1 Å². The fraction of sp³-hybridized carbons (Fsp3) is 0.0556. The summed E-state index contributed by atoms with van der Waals surface area (Å²) in [6.07, 6.45) is 1.49. The first-order valence-electron chi connectivity index (χ1n) is 7.22. The van der Waals surface area contributed by atoms with Gasteiger partial charge in [-0.2, -0.15) is 0 Å². The highest BCUT2D eigenvalue weighted by molar-refractivity contribution is 5.95. The van der Waals surface area contributed by atoms with Crippen LogP contribution in [0.25, 0.3) is 6.08 Å². The average Bonchev–Trinajstić information content (AvgIpc) is 2.60. The van der Waals surface area contributed by atoms with E-state index in [0.717, 1.165) is 0 Å². The van der Waals surface area contributed by atoms with Crippen LogP contribution in [0.2, 0.25) is 0 Å². The van der Waals surface area contributed by atoms with Crippen LogP contribution < -0.4 is 10.6 Å². The first kappa shape index (κ1) is 17.7. The molecule has 7 nitrogen and oxygen atoms in total. The van der Waals surface area contributed by atoms with Crippen molar-refractivity contribution < 1.29 is 24.5 Å². The van der Waals surface area contributed by atoms with E-state index in [4.69, 9.17) is 26.0 Å². The lowest BCUT2D eigenvalue weighted by molar-refractivity contribution is -0.149. The Morgan fingerprint density at radius 3 is 2.12 bits per heavy atom. The second kappa shape index (κ2) is 7.78. The number of nitrogens with two attached hydrogens (primary N) is 1. The van der Waals surface area contributed by atoms with Gasteiger partial charge in [0, 0.05) is 11.1 Å². The lowest BCUT2D eigenvalue weighted by Gasteiger charge is -2.05. The number of hydrogen-bond acceptors (Lipinski definition) is 5. The van der Waals surface area contributed by atoms with Crippen molar-refractivity contribution >= 4 is 23.9 Å². The monoisotopic (exact) mass is 340 g/mol. The second-order valence-corrected chi connectivity index (χ2v) is 5.15. The quantitative estimate of drug-likeness (QED) is 0.244. The van der Waals surface area contributed by atoms with E-state index in [1.54, 1.807) is 24.3 Å². The van der Waals surface area contributed by atoms with Crippen molar-refractivity contribution in [2.24, 2.45) is 5.73 Å². The lowest BCUT2D eigenvalue weighted by Crippen LogP contribution is -2.11. The number of rotatable bonds is 6. The molecule has 0 saturated carbocycles. The average molecular weight is 340 g/mol. The zero-order chi connectivity index (χ0) is 18.4. The number of carboxylic acids is 1. The van der Waals surface area contributed by atoms with Gasteiger partial charge in [0.15, 0.2) is 5.75 Å². The van der Waals surface area contributed by atoms with Crippen LogP contribution >= 0.6 is 0 Å². The number of hydrogen-bond donors (Lipinski definition) is 3. The van der Waals surface area contributed by atoms with Gasteiger partial charge in [0.2, 0.25) is 0 Å². The molecular weight excluding hydrogens is 324 g/mol. The summed E-state index contributed by atoms with van der Waals surface area (Å²) in [5, 5.41) is 16.1. The number of aliphatic carboxylic acids is 1. The molecule has 0 saturated heterocycles. The van der Waals surface area contributed by atoms with Crippen molar-refractivity contribution in [3.8, 4) is 5.75 Å². The minimum absolute atomic E-state index is 0.0733. The van der Waals surface area contributed by atoms with Crippen molar-refractivity contribution in [1.29, 1.82) is 5.41 Å². The summed E-state index contributed by atoms with van der Waals surface area (Å²) in [5.41, 5.74) is 6.96. The summed E-state index contributed by atoms with van der Waals surface area (Å²) >= 11 is 0. The van der Waals surface area contributed by atoms with Crippen LogP contribution in [-0.4, -0.2) is 22.9 Å². The Morgan fingerprint density at radius 1 is 1.04 bits per heavy atom. The molecule has 2 rings (SSSR count). The van der Waals surface area contributed by atoms with Crippen molar-refractivity contribution in [2.45, 2.75) is 6.92 Å². The van der Waals surface area contributed by atoms with Gasteiger partial charge in [-0.05, 0) is 55.0 Å². The molecule has 0 aliphatic heterocycles. The molecule has 0 fully saturated rings. The highest BCUT2D eigenvalue weighted by Gasteiger charge is 2.10. The van der Waals surface area contributed by atoms with Crippen LogP contribution in [0.15, 0.2) is 54.1 Å². The molecule has 2 aromatic carbocycles. The molecule has 2 aromatic rings. The van der Waals surface area contributed by atoms with Crippen molar-refractivity contribution in [3.05, 3.63) is 70.8 Å². The van der Waals surface area contributed by atoms with Crippen LogP contribution in [-0.2, 0) is 9.68 Å². The molecule has 128 valence electrons. The lowest BCUT2D eigenvalue weighted by atomic mass is 10.1. The van der Waals surface area contributed by atoms with Gasteiger partial charge in [-0.15, -0.1) is 0 Å². The number of carbonyl (C=O) groups is 2. The fourth-order valence-electron chi connectivity index (χ4n) is 1.85. The molecule has 0 aliphatic carbocycles. The largest absolute Gasteiger partial charge is 0.478 e. The van der Waals surface area contributed by atoms with E-state index in [2.05, 4.69) is 0 Å². The SMILES string of the molecule is CC(=Cc1ccc(C(=O)OOc2ccc(C(=N)N)cc2)cc1)C(=O)O. The van der Waals surface area contributed by atoms with Crippen molar-refractivity contribution in [2.75, 3.05) is 0 Å². The summed E-state index contributed by atoms with van der Waals surface area (Å²) in [5.74, 6) is -1.49. The number of amidine groups is 1. The summed E-state index contributed by atoms with van der Waals surface area (Å²) in [7, 11) is 0. The Kier molecular flexibility index (Phi) is 5.52. The molecule has 0 unspecified atom stereocenters. The van der Waals surface area contributed by atoms with E-state index in [1.807, 2.05) is 0 Å². The molecule has 0 spiro atoms. The van der Waals surface area contributed by atoms with Gasteiger partial charge >= 0.3 is 11.9 Å². The molecular formula is C18H16N2O5. The fourth-order valence-corrected chi connectivity index (χ4v) is 1.85. The molecule has 0 atom stereocenters. The molecule has 0 radical (unpaired) electrons. The molecule has 0 heterocycles. The van der Waals surface area contributed by atoms with Gasteiger partial charge < -0.3 is 10.8 Å². The standard InChI is InChI=1S/C18H16N2O5/c1-11(17(21)22)10-12-2-4-14(5-3-12)18(23)25-24-15-8-6-13(7-9-15)16(19)20/h2-10H,1H3,(H3,19,20)(H,21,22). The Hall–Kier alpha value is -3.61. The third-order valence-electron chi connectivity index (χ3n) is 3.25. The van der Waals surface area contributed by atoms with Crippen LogP contribution in [0.1, 0.15) is 28.4 Å². The van der Waals surface area contributed by atoms with Crippen molar-refractivity contribution in [1.82, 2.24) is 0 Å². The van der Waals surface area contributed by atoms with Crippen molar-refractivity contribution in [3.63, 3.8) is 0 Å². The van der Waals surface area contributed by atoms with E-state index in [-0.39, 0.29) is 22.7 Å². The molecule has 0 bridgehead atoms. The highest BCUT2D eigenvalue weighted by Crippen LogP contribution is 2.14. The Morgan fingerprint density at radius 2 is 1.60 bits per heavy atom. The van der Waals surface area contributed by atoms with E-state index in [1.165, 1.54) is 37.3 Å². The van der Waals surface area contributed by atoms with Gasteiger partial charge in [-0.3, -0.25) is 10.3 Å². The number of nitrogen functional groups attached to an aromatic ring is 1. The number of benzene rings is 2. The number of nitrogens with one attached hydrogen (secondary N) is 1. The Bertz CT molecular complexity index is 824. The predicted molar refractivity (Wildman–Crippen MR) is 91.2 cm³/mol. The van der Waals surface area contributed by atoms with E-state index in [0.29, 0.717) is 11.1 Å². The van der Waals surface area contributed by atoms with Crippen LogP contribution in [0.5, 0.6) is 5.75 Å². The maximum absolute atomic E-state index is 11.9. The first-order chi connectivity index (χ1) is 11.9. The topological polar surface area (TPSA) is 123 Å². The number of carboxylic acid groups (broad SMARTS) is 1. The molecule has 25 heavy (non-hydrogen) atoms. The smallest absolute Gasteiger partial charge is 0.386 e. The molecule has 7 heteroatoms. The predicted octanol–water partition coefficient (Wildman–Crippen LogP) is 2.61. The summed E-state index contributed by atoms with van der Waals surface area (Å²) in [6, 6.07) is 12.4. The van der Waals surface area contributed by atoms with Gasteiger partial charge in [0.25, 0.3) is 0 Å². The van der Waals surface area contributed by atoms with Crippen LogP contribution in [0.3, 0.4) is 0 Å². The molecule has 4 N–H and O–H groups in total.